The van der Waals surface area contributed by atoms with Gasteiger partial charge in [0.15, 0.2) is 16.3 Å². The molecule has 1 atom stereocenters. The van der Waals surface area contributed by atoms with Crippen LogP contribution in [0.1, 0.15) is 56.3 Å². The molecule has 10 heteroatoms. The van der Waals surface area contributed by atoms with E-state index in [-0.39, 0.29) is 12.2 Å². The highest BCUT2D eigenvalue weighted by atomic mass is 127. The zero-order chi connectivity index (χ0) is 30.8. The van der Waals surface area contributed by atoms with Crippen LogP contribution >= 0.6 is 33.9 Å². The van der Waals surface area contributed by atoms with Crippen LogP contribution in [0.5, 0.6) is 11.5 Å². The maximum absolute atomic E-state index is 14.2. The number of allylic oxidation sites excluding steroid dienone is 1. The number of hydrogen-bond donors (Lipinski definition) is 0. The number of carbonyl (C=O) groups excluding carboxylic acids is 1. The van der Waals surface area contributed by atoms with E-state index in [1.165, 1.54) is 11.3 Å². The van der Waals surface area contributed by atoms with Crippen LogP contribution in [0.2, 0.25) is 0 Å². The van der Waals surface area contributed by atoms with Gasteiger partial charge in [-0.25, -0.2) is 9.79 Å². The molecule has 0 spiro atoms. The summed E-state index contributed by atoms with van der Waals surface area (Å²) < 4.78 is 22.6. The van der Waals surface area contributed by atoms with Gasteiger partial charge in [-0.1, -0.05) is 17.4 Å². The lowest BCUT2D eigenvalue weighted by atomic mass is 9.95. The number of aryl methyl sites for hydroxylation is 1. The number of aromatic nitrogens is 2. The predicted molar refractivity (Wildman–Crippen MR) is 177 cm³/mol. The second kappa shape index (κ2) is 12.9. The third-order valence-electron chi connectivity index (χ3n) is 7.24. The van der Waals surface area contributed by atoms with Gasteiger partial charge in [-0.3, -0.25) is 9.36 Å². The molecule has 0 fully saturated rings. The normalized spacial score (nSPS) is 14.9. The first-order valence-electron chi connectivity index (χ1n) is 14.2. The molecule has 0 bridgehead atoms. The van der Waals surface area contributed by atoms with Gasteiger partial charge in [0.25, 0.3) is 5.56 Å². The largest absolute Gasteiger partial charge is 0.490 e. The number of rotatable bonds is 9. The molecule has 0 unspecified atom stereocenters. The monoisotopic (exact) mass is 711 g/mol. The Labute approximate surface area is 268 Å². The van der Waals surface area contributed by atoms with E-state index < -0.39 is 12.0 Å². The van der Waals surface area contributed by atoms with Gasteiger partial charge < -0.3 is 18.8 Å². The van der Waals surface area contributed by atoms with E-state index in [4.69, 9.17) is 19.2 Å². The van der Waals surface area contributed by atoms with Gasteiger partial charge in [0.05, 0.1) is 41.7 Å². The quantitative estimate of drug-likeness (QED) is 0.167. The molecule has 0 saturated heterocycles. The summed E-state index contributed by atoms with van der Waals surface area (Å²) in [5.74, 6) is 0.642. The third-order valence-corrected chi connectivity index (χ3v) is 8.94. The van der Waals surface area contributed by atoms with Crippen molar-refractivity contribution in [3.05, 3.63) is 106 Å². The molecule has 0 saturated carbocycles. The van der Waals surface area contributed by atoms with Crippen LogP contribution in [0.15, 0.2) is 69.6 Å². The van der Waals surface area contributed by atoms with E-state index in [0.29, 0.717) is 50.9 Å². The molecule has 4 aromatic rings. The highest BCUT2D eigenvalue weighted by Crippen LogP contribution is 2.36. The second-order valence-corrected chi connectivity index (χ2v) is 12.3. The van der Waals surface area contributed by atoms with Crippen molar-refractivity contribution < 1.29 is 19.0 Å². The molecule has 2 aromatic carbocycles. The fourth-order valence-electron chi connectivity index (χ4n) is 5.41. The molecule has 3 heterocycles. The average molecular weight is 712 g/mol. The molecule has 0 N–H and O–H groups in total. The summed E-state index contributed by atoms with van der Waals surface area (Å²) in [6, 6.07) is 15.2. The standard InChI is InChI=1S/C33H34IN3O5S/c1-7-40-26-15-10-22(17-27(26)41-8-2)30-29(32(39)42-9-3)20(5)35-33-37(30)31(38)28(43-33)18-23-16-19(4)36(21(23)6)25-13-11-24(34)12-14-25/h10-18,30H,7-9H2,1-6H3/b28-18-/t30-/m0/s1. The van der Waals surface area contributed by atoms with Gasteiger partial charge in [-0.2, -0.15) is 0 Å². The summed E-state index contributed by atoms with van der Waals surface area (Å²) in [5, 5.41) is 0. The van der Waals surface area contributed by atoms with Gasteiger partial charge in [0.1, 0.15) is 0 Å². The van der Waals surface area contributed by atoms with Crippen molar-refractivity contribution >= 4 is 46.0 Å². The molecular weight excluding hydrogens is 677 g/mol. The molecule has 5 rings (SSSR count). The van der Waals surface area contributed by atoms with Crippen molar-refractivity contribution in [3.8, 4) is 17.2 Å². The first-order valence-corrected chi connectivity index (χ1v) is 16.1. The second-order valence-electron chi connectivity index (χ2n) is 10.0. The lowest BCUT2D eigenvalue weighted by molar-refractivity contribution is -0.139. The lowest BCUT2D eigenvalue weighted by Gasteiger charge is -2.25. The first kappa shape index (κ1) is 30.8. The van der Waals surface area contributed by atoms with E-state index in [2.05, 4.69) is 71.3 Å². The van der Waals surface area contributed by atoms with Crippen LogP contribution in [0.3, 0.4) is 0 Å². The number of ether oxygens (including phenoxy) is 3. The van der Waals surface area contributed by atoms with Crippen molar-refractivity contribution in [1.29, 1.82) is 0 Å². The van der Waals surface area contributed by atoms with Gasteiger partial charge in [0, 0.05) is 20.6 Å². The first-order chi connectivity index (χ1) is 20.7. The Balaban J connectivity index is 1.69. The summed E-state index contributed by atoms with van der Waals surface area (Å²) in [7, 11) is 0. The Morgan fingerprint density at radius 2 is 1.67 bits per heavy atom. The number of benzene rings is 2. The Kier molecular flexibility index (Phi) is 9.26. The Morgan fingerprint density at radius 3 is 2.35 bits per heavy atom. The molecule has 1 aliphatic heterocycles. The van der Waals surface area contributed by atoms with Crippen LogP contribution in [-0.4, -0.2) is 34.9 Å². The molecule has 0 aliphatic carbocycles. The number of esters is 1. The predicted octanol–water partition coefficient (Wildman–Crippen LogP) is 5.61. The third kappa shape index (κ3) is 5.95. The molecule has 224 valence electrons. The minimum absolute atomic E-state index is 0.205. The maximum atomic E-state index is 14.2. The smallest absolute Gasteiger partial charge is 0.338 e. The van der Waals surface area contributed by atoms with Crippen LogP contribution in [0, 0.1) is 17.4 Å². The minimum atomic E-state index is -0.744. The van der Waals surface area contributed by atoms with Gasteiger partial charge >= 0.3 is 5.97 Å². The van der Waals surface area contributed by atoms with E-state index >= 15 is 0 Å². The fourth-order valence-corrected chi connectivity index (χ4v) is 6.80. The fraction of sp³-hybridized carbons (Fsp3) is 0.303. The molecule has 0 amide bonds. The number of hydrogen-bond acceptors (Lipinski definition) is 7. The maximum Gasteiger partial charge on any atom is 0.338 e. The number of thiazole rings is 1. The number of nitrogens with zero attached hydrogens (tertiary/aromatic N) is 3. The van der Waals surface area contributed by atoms with Crippen LogP contribution in [0.25, 0.3) is 11.8 Å². The Bertz CT molecular complexity index is 1900. The summed E-state index contributed by atoms with van der Waals surface area (Å²) in [6.45, 7) is 12.6. The average Bonchev–Trinajstić information content (AvgIpc) is 3.43. The molecule has 2 aromatic heterocycles. The SMILES string of the molecule is CCOC(=O)C1=C(C)N=c2s/c(=C\c3cc(C)n(-c4ccc(I)cc4)c3C)c(=O)n2[C@H]1c1ccc(OCC)c(OCC)c1. The lowest BCUT2D eigenvalue weighted by Crippen LogP contribution is -2.40. The Hall–Kier alpha value is -3.64. The summed E-state index contributed by atoms with van der Waals surface area (Å²) in [5.41, 5.74) is 5.41. The zero-order valence-electron chi connectivity index (χ0n) is 25.1. The van der Waals surface area contributed by atoms with Gasteiger partial charge in [-0.05, 0) is 124 Å². The van der Waals surface area contributed by atoms with Crippen molar-refractivity contribution in [1.82, 2.24) is 9.13 Å². The Morgan fingerprint density at radius 1 is 0.977 bits per heavy atom. The van der Waals surface area contributed by atoms with E-state index in [9.17, 15) is 9.59 Å². The van der Waals surface area contributed by atoms with Crippen LogP contribution in [-0.2, 0) is 9.53 Å². The molecule has 0 radical (unpaired) electrons. The van der Waals surface area contributed by atoms with Crippen LogP contribution in [0.4, 0.5) is 0 Å². The highest BCUT2D eigenvalue weighted by Gasteiger charge is 2.34. The van der Waals surface area contributed by atoms with Crippen molar-refractivity contribution in [2.24, 2.45) is 4.99 Å². The van der Waals surface area contributed by atoms with E-state index in [1.807, 2.05) is 38.1 Å². The molecule has 1 aliphatic rings. The topological polar surface area (TPSA) is 84.1 Å². The minimum Gasteiger partial charge on any atom is -0.490 e. The number of halogens is 1. The van der Waals surface area contributed by atoms with Crippen molar-refractivity contribution in [2.75, 3.05) is 19.8 Å². The van der Waals surface area contributed by atoms with Crippen molar-refractivity contribution in [2.45, 2.75) is 47.6 Å². The molecular formula is C33H34IN3O5S. The van der Waals surface area contributed by atoms with Crippen LogP contribution < -0.4 is 24.4 Å². The van der Waals surface area contributed by atoms with Gasteiger partial charge in [0.2, 0.25) is 0 Å². The molecule has 43 heavy (non-hydrogen) atoms. The van der Waals surface area contributed by atoms with E-state index in [0.717, 1.165) is 26.2 Å². The zero-order valence-corrected chi connectivity index (χ0v) is 28.0. The summed E-state index contributed by atoms with van der Waals surface area (Å²) in [4.78, 5) is 32.7. The van der Waals surface area contributed by atoms with E-state index in [1.54, 1.807) is 18.4 Å². The summed E-state index contributed by atoms with van der Waals surface area (Å²) in [6.07, 6.45) is 1.92. The van der Waals surface area contributed by atoms with Gasteiger partial charge in [-0.15, -0.1) is 0 Å². The molecule has 8 nitrogen and oxygen atoms in total. The summed E-state index contributed by atoms with van der Waals surface area (Å²) >= 11 is 3.61. The number of fused-ring (bicyclic) bond motifs is 1. The van der Waals surface area contributed by atoms with Crippen molar-refractivity contribution in [3.63, 3.8) is 0 Å². The highest BCUT2D eigenvalue weighted by molar-refractivity contribution is 14.1. The number of carbonyl (C=O) groups is 1.